The summed E-state index contributed by atoms with van der Waals surface area (Å²) in [5, 5.41) is 0. The van der Waals surface area contributed by atoms with Crippen molar-refractivity contribution in [3.05, 3.63) is 78.0 Å². The number of alkyl halides is 2. The van der Waals surface area contributed by atoms with Crippen LogP contribution in [0, 0.1) is 6.92 Å². The lowest BCUT2D eigenvalue weighted by atomic mass is 10.1. The number of hydrogen-bond donors (Lipinski definition) is 1. The standard InChI is InChI=1S/C22H18F2N2O/c1-14-20(15-7-4-3-5-8-15)26-21(25-14)19-12-11-18(27-19)16-9-6-10-17(13-16)22(2,23)24/h3-13H,1-2H3,(H,25,26). The first-order valence-corrected chi connectivity index (χ1v) is 8.63. The van der Waals surface area contributed by atoms with Gasteiger partial charge in [0.2, 0.25) is 0 Å². The first-order valence-electron chi connectivity index (χ1n) is 8.63. The second-order valence-corrected chi connectivity index (χ2v) is 6.54. The van der Waals surface area contributed by atoms with E-state index < -0.39 is 5.92 Å². The number of H-pyrrole nitrogens is 1. The van der Waals surface area contributed by atoms with Crippen molar-refractivity contribution in [2.75, 3.05) is 0 Å². The number of aromatic nitrogens is 2. The third-order valence-electron chi connectivity index (χ3n) is 4.44. The van der Waals surface area contributed by atoms with E-state index in [2.05, 4.69) is 9.97 Å². The minimum Gasteiger partial charge on any atom is -0.453 e. The van der Waals surface area contributed by atoms with E-state index in [4.69, 9.17) is 4.42 Å². The Morgan fingerprint density at radius 3 is 2.33 bits per heavy atom. The van der Waals surface area contributed by atoms with Crippen LogP contribution in [-0.2, 0) is 5.92 Å². The van der Waals surface area contributed by atoms with Gasteiger partial charge in [0.05, 0.1) is 11.4 Å². The second kappa shape index (κ2) is 6.50. The molecule has 27 heavy (non-hydrogen) atoms. The quantitative estimate of drug-likeness (QED) is 0.454. The fourth-order valence-corrected chi connectivity index (χ4v) is 3.03. The van der Waals surface area contributed by atoms with E-state index in [-0.39, 0.29) is 5.56 Å². The van der Waals surface area contributed by atoms with Gasteiger partial charge in [0, 0.05) is 18.1 Å². The Morgan fingerprint density at radius 1 is 0.889 bits per heavy atom. The molecule has 1 N–H and O–H groups in total. The molecule has 0 unspecified atom stereocenters. The van der Waals surface area contributed by atoms with Crippen molar-refractivity contribution in [3.63, 3.8) is 0 Å². The van der Waals surface area contributed by atoms with Gasteiger partial charge in [-0.3, -0.25) is 0 Å². The fourth-order valence-electron chi connectivity index (χ4n) is 3.03. The SMILES string of the molecule is Cc1nc(-c2ccc(-c3cccc(C(C)(F)F)c3)o2)[nH]c1-c1ccccc1. The third kappa shape index (κ3) is 3.40. The zero-order chi connectivity index (χ0) is 19.0. The van der Waals surface area contributed by atoms with E-state index in [1.54, 1.807) is 24.3 Å². The lowest BCUT2D eigenvalue weighted by molar-refractivity contribution is 0.0175. The number of aryl methyl sites for hydroxylation is 1. The minimum absolute atomic E-state index is 0.0434. The predicted molar refractivity (Wildman–Crippen MR) is 101 cm³/mol. The number of aromatic amines is 1. The molecule has 0 aliphatic heterocycles. The van der Waals surface area contributed by atoms with Crippen molar-refractivity contribution < 1.29 is 13.2 Å². The monoisotopic (exact) mass is 364 g/mol. The Hall–Kier alpha value is -3.21. The molecule has 2 aromatic heterocycles. The summed E-state index contributed by atoms with van der Waals surface area (Å²) in [4.78, 5) is 7.84. The molecule has 0 fully saturated rings. The van der Waals surface area contributed by atoms with Gasteiger partial charge in [0.1, 0.15) is 5.76 Å². The highest BCUT2D eigenvalue weighted by molar-refractivity contribution is 5.67. The van der Waals surface area contributed by atoms with Crippen LogP contribution in [-0.4, -0.2) is 9.97 Å². The molecule has 0 aliphatic carbocycles. The molecule has 0 spiro atoms. The molecule has 3 nitrogen and oxygen atoms in total. The van der Waals surface area contributed by atoms with Crippen LogP contribution in [0.1, 0.15) is 18.2 Å². The molecular weight excluding hydrogens is 346 g/mol. The highest BCUT2D eigenvalue weighted by Gasteiger charge is 2.24. The van der Waals surface area contributed by atoms with E-state index >= 15 is 0 Å². The lowest BCUT2D eigenvalue weighted by Gasteiger charge is -2.11. The molecule has 0 bridgehead atoms. The predicted octanol–water partition coefficient (Wildman–Crippen LogP) is 6.42. The highest BCUT2D eigenvalue weighted by atomic mass is 19.3. The summed E-state index contributed by atoms with van der Waals surface area (Å²) in [7, 11) is 0. The van der Waals surface area contributed by atoms with Crippen molar-refractivity contribution in [1.82, 2.24) is 9.97 Å². The summed E-state index contributed by atoms with van der Waals surface area (Å²) >= 11 is 0. The van der Waals surface area contributed by atoms with Crippen LogP contribution in [0.4, 0.5) is 8.78 Å². The molecule has 4 aromatic rings. The van der Waals surface area contributed by atoms with Gasteiger partial charge in [-0.15, -0.1) is 0 Å². The zero-order valence-electron chi connectivity index (χ0n) is 15.0. The lowest BCUT2D eigenvalue weighted by Crippen LogP contribution is -2.06. The Labute approximate surface area is 155 Å². The van der Waals surface area contributed by atoms with Crippen LogP contribution >= 0.6 is 0 Å². The Bertz CT molecular complexity index is 1080. The van der Waals surface area contributed by atoms with Gasteiger partial charge >= 0.3 is 0 Å². The molecule has 2 aromatic carbocycles. The largest absolute Gasteiger partial charge is 0.453 e. The van der Waals surface area contributed by atoms with Gasteiger partial charge in [-0.25, -0.2) is 13.8 Å². The first kappa shape index (κ1) is 17.2. The van der Waals surface area contributed by atoms with Crippen molar-refractivity contribution in [2.24, 2.45) is 0 Å². The summed E-state index contributed by atoms with van der Waals surface area (Å²) < 4.78 is 33.1. The van der Waals surface area contributed by atoms with E-state index in [1.807, 2.05) is 37.3 Å². The van der Waals surface area contributed by atoms with Crippen molar-refractivity contribution in [2.45, 2.75) is 19.8 Å². The number of furan rings is 1. The normalized spacial score (nSPS) is 11.7. The molecule has 0 aliphatic rings. The number of halogens is 2. The maximum Gasteiger partial charge on any atom is 0.270 e. The molecule has 136 valence electrons. The zero-order valence-corrected chi connectivity index (χ0v) is 15.0. The van der Waals surface area contributed by atoms with Gasteiger partial charge in [0.25, 0.3) is 5.92 Å². The molecule has 2 heterocycles. The van der Waals surface area contributed by atoms with Crippen LogP contribution in [0.15, 0.2) is 71.1 Å². The summed E-state index contributed by atoms with van der Waals surface area (Å²) in [5.74, 6) is -1.21. The van der Waals surface area contributed by atoms with E-state index in [0.717, 1.165) is 23.9 Å². The van der Waals surface area contributed by atoms with E-state index in [0.29, 0.717) is 22.9 Å². The van der Waals surface area contributed by atoms with Gasteiger partial charge in [-0.05, 0) is 30.7 Å². The Balaban J connectivity index is 1.68. The van der Waals surface area contributed by atoms with E-state index in [9.17, 15) is 8.78 Å². The number of nitrogens with zero attached hydrogens (tertiary/aromatic N) is 1. The Morgan fingerprint density at radius 2 is 1.59 bits per heavy atom. The van der Waals surface area contributed by atoms with Crippen LogP contribution in [0.25, 0.3) is 34.2 Å². The number of nitrogens with one attached hydrogen (secondary N) is 1. The highest BCUT2D eigenvalue weighted by Crippen LogP contribution is 2.33. The molecule has 0 saturated heterocycles. The van der Waals surface area contributed by atoms with Crippen molar-refractivity contribution in [3.8, 4) is 34.2 Å². The second-order valence-electron chi connectivity index (χ2n) is 6.54. The molecule has 0 radical (unpaired) electrons. The maximum absolute atomic E-state index is 13.6. The van der Waals surface area contributed by atoms with Crippen LogP contribution in [0.3, 0.4) is 0 Å². The van der Waals surface area contributed by atoms with Crippen LogP contribution in [0.5, 0.6) is 0 Å². The molecule has 0 saturated carbocycles. The number of hydrogen-bond acceptors (Lipinski definition) is 2. The first-order chi connectivity index (χ1) is 12.9. The number of imidazole rings is 1. The molecule has 4 rings (SSSR count). The van der Waals surface area contributed by atoms with Gasteiger partial charge < -0.3 is 9.40 Å². The fraction of sp³-hybridized carbons (Fsp3) is 0.136. The Kier molecular flexibility index (Phi) is 4.15. The van der Waals surface area contributed by atoms with Crippen molar-refractivity contribution in [1.29, 1.82) is 0 Å². The summed E-state index contributed by atoms with van der Waals surface area (Å²) in [6, 6.07) is 19.7. The van der Waals surface area contributed by atoms with Crippen molar-refractivity contribution >= 4 is 0 Å². The molecule has 5 heteroatoms. The average molecular weight is 364 g/mol. The molecule has 0 amide bonds. The maximum atomic E-state index is 13.6. The topological polar surface area (TPSA) is 41.8 Å². The van der Waals surface area contributed by atoms with Crippen LogP contribution < -0.4 is 0 Å². The molecule has 0 atom stereocenters. The van der Waals surface area contributed by atoms with E-state index in [1.165, 1.54) is 12.1 Å². The minimum atomic E-state index is -2.89. The third-order valence-corrected chi connectivity index (χ3v) is 4.44. The van der Waals surface area contributed by atoms with Crippen LogP contribution in [0.2, 0.25) is 0 Å². The average Bonchev–Trinajstić information content (AvgIpc) is 3.29. The summed E-state index contributed by atoms with van der Waals surface area (Å²) in [5.41, 5.74) is 3.39. The smallest absolute Gasteiger partial charge is 0.270 e. The number of rotatable bonds is 4. The summed E-state index contributed by atoms with van der Waals surface area (Å²) in [6.45, 7) is 2.81. The van der Waals surface area contributed by atoms with Gasteiger partial charge in [-0.1, -0.05) is 48.5 Å². The summed E-state index contributed by atoms with van der Waals surface area (Å²) in [6.07, 6.45) is 0. The number of benzene rings is 2. The van der Waals surface area contributed by atoms with Gasteiger partial charge in [-0.2, -0.15) is 0 Å². The molecular formula is C22H18F2N2O. The van der Waals surface area contributed by atoms with Gasteiger partial charge in [0.15, 0.2) is 11.6 Å².